The summed E-state index contributed by atoms with van der Waals surface area (Å²) in [6.45, 7) is 0. The van der Waals surface area contributed by atoms with Gasteiger partial charge >= 0.3 is 11.9 Å². The zero-order chi connectivity index (χ0) is 6.85. The van der Waals surface area contributed by atoms with Gasteiger partial charge in [-0.3, -0.25) is 9.59 Å². The second-order valence-electron chi connectivity index (χ2n) is 1.72. The van der Waals surface area contributed by atoms with Gasteiger partial charge in [0, 0.05) is 0 Å². The summed E-state index contributed by atoms with van der Waals surface area (Å²) in [4.78, 5) is 20.9. The molecule has 3 unspecified atom stereocenters. The first-order chi connectivity index (χ1) is 4.24. The fraction of sp³-hybridized carbons (Fsp3) is 0.500. The number of hydrogen-bond donors (Lipinski definition) is 0. The molecule has 0 aromatic heterocycles. The Bertz CT molecular complexity index is 156. The van der Waals surface area contributed by atoms with Gasteiger partial charge in [-0.1, -0.05) is 8.27 Å². The summed E-state index contributed by atoms with van der Waals surface area (Å²) >= 11 is 0. The van der Waals surface area contributed by atoms with Crippen molar-refractivity contribution in [2.75, 3.05) is 0 Å². The first kappa shape index (κ1) is 7.11. The number of rotatable bonds is 1. The third kappa shape index (κ3) is 1.47. The topological polar surface area (TPSA) is 43.4 Å². The molecule has 1 aliphatic rings. The Labute approximate surface area is 56.4 Å². The number of cyclic esters (lactones) is 2. The van der Waals surface area contributed by atoms with Crippen LogP contribution in [0.25, 0.3) is 0 Å². The summed E-state index contributed by atoms with van der Waals surface area (Å²) in [5.74, 6) is -0.756. The first-order valence-corrected chi connectivity index (χ1v) is 5.33. The van der Waals surface area contributed by atoms with E-state index in [1.165, 1.54) is 0 Å². The third-order valence-electron chi connectivity index (χ3n) is 1.07. The number of hydrogen-bond acceptors (Lipinski definition) is 3. The van der Waals surface area contributed by atoms with Gasteiger partial charge in [-0.15, -0.1) is 8.93 Å². The van der Waals surface area contributed by atoms with Crippen molar-refractivity contribution < 1.29 is 14.3 Å². The molecule has 0 spiro atoms. The highest BCUT2D eigenvalue weighted by atomic mass is 32.0. The molecule has 1 aliphatic heterocycles. The summed E-state index contributed by atoms with van der Waals surface area (Å²) in [5.41, 5.74) is -0.178. The molecule has 3 atom stereocenters. The number of ether oxygens (including phenoxy) is 1. The second-order valence-corrected chi connectivity index (χ2v) is 3.75. The molecule has 9 heavy (non-hydrogen) atoms. The molecule has 0 aromatic carbocycles. The maximum absolute atomic E-state index is 10.6. The van der Waals surface area contributed by atoms with Gasteiger partial charge in [0.2, 0.25) is 0 Å². The molecule has 5 heteroatoms. The van der Waals surface area contributed by atoms with Crippen molar-refractivity contribution in [3.63, 3.8) is 0 Å². The monoisotopic (exact) mass is 164 g/mol. The molecule has 0 N–H and O–H groups in total. The van der Waals surface area contributed by atoms with Crippen molar-refractivity contribution in [2.45, 2.75) is 12.1 Å². The van der Waals surface area contributed by atoms with Crippen LogP contribution in [0.2, 0.25) is 0 Å². The number of carbonyl (C=O) groups is 2. The highest BCUT2D eigenvalue weighted by molar-refractivity contribution is 8.03. The summed E-state index contributed by atoms with van der Waals surface area (Å²) in [7, 11) is 2.84. The van der Waals surface area contributed by atoms with Gasteiger partial charge in [0.1, 0.15) is 0 Å². The quantitative estimate of drug-likeness (QED) is 0.318. The van der Waals surface area contributed by atoms with E-state index in [2.05, 4.69) is 13.7 Å². The van der Waals surface area contributed by atoms with E-state index in [4.69, 9.17) is 0 Å². The third-order valence-corrected chi connectivity index (χ3v) is 3.12. The van der Waals surface area contributed by atoms with E-state index in [0.29, 0.717) is 8.27 Å². The van der Waals surface area contributed by atoms with Crippen LogP contribution in [0.15, 0.2) is 0 Å². The van der Waals surface area contributed by atoms with E-state index in [0.717, 1.165) is 0 Å². The van der Waals surface area contributed by atoms with Crippen LogP contribution in [-0.4, -0.2) is 17.6 Å². The van der Waals surface area contributed by atoms with E-state index in [1.807, 2.05) is 0 Å². The fourth-order valence-corrected chi connectivity index (χ4v) is 1.84. The minimum absolute atomic E-state index is 0.178. The molecule has 1 fully saturated rings. The minimum Gasteiger partial charge on any atom is -0.393 e. The van der Waals surface area contributed by atoms with Crippen molar-refractivity contribution >= 4 is 29.1 Å². The van der Waals surface area contributed by atoms with Gasteiger partial charge in [0.25, 0.3) is 0 Å². The number of esters is 2. The Kier molecular flexibility index (Phi) is 2.15. The average molecular weight is 164 g/mol. The normalized spacial score (nSPS) is 27.9. The van der Waals surface area contributed by atoms with Crippen LogP contribution in [0.4, 0.5) is 0 Å². The maximum atomic E-state index is 10.6. The Morgan fingerprint density at radius 1 is 1.67 bits per heavy atom. The standard InChI is InChI=1S/C4H6O3P2/c5-3-1-2(9-8)4(6)7-3/h2,9H,1,8H2. The Morgan fingerprint density at radius 3 is 2.56 bits per heavy atom. The predicted molar refractivity (Wildman–Crippen MR) is 37.5 cm³/mol. The van der Waals surface area contributed by atoms with E-state index < -0.39 is 0 Å². The minimum atomic E-state index is -0.389. The van der Waals surface area contributed by atoms with Gasteiger partial charge in [0.05, 0.1) is 12.1 Å². The lowest BCUT2D eigenvalue weighted by molar-refractivity contribution is -0.151. The van der Waals surface area contributed by atoms with E-state index >= 15 is 0 Å². The van der Waals surface area contributed by atoms with Gasteiger partial charge in [-0.05, 0) is 0 Å². The summed E-state index contributed by atoms with van der Waals surface area (Å²) in [6.07, 6.45) is 0.265. The summed E-state index contributed by atoms with van der Waals surface area (Å²) in [6, 6.07) is 0. The largest absolute Gasteiger partial charge is 0.393 e. The van der Waals surface area contributed by atoms with Gasteiger partial charge < -0.3 is 4.74 Å². The highest BCUT2D eigenvalue weighted by Gasteiger charge is 2.31. The lowest BCUT2D eigenvalue weighted by Gasteiger charge is -1.94. The molecule has 0 amide bonds. The fourth-order valence-electron chi connectivity index (χ4n) is 0.602. The molecule has 0 aromatic rings. The molecule has 1 saturated heterocycles. The zero-order valence-corrected chi connectivity index (χ0v) is 6.74. The van der Waals surface area contributed by atoms with Crippen LogP contribution in [0.5, 0.6) is 0 Å². The molecule has 1 rings (SSSR count). The lowest BCUT2D eigenvalue weighted by atomic mass is 10.4. The molecular formula is C4H6O3P2. The molecule has 3 nitrogen and oxygen atoms in total. The Balaban J connectivity index is 2.58. The van der Waals surface area contributed by atoms with E-state index in [1.54, 1.807) is 0 Å². The predicted octanol–water partition coefficient (Wildman–Crippen LogP) is 0.297. The first-order valence-electron chi connectivity index (χ1n) is 2.44. The molecule has 50 valence electrons. The van der Waals surface area contributed by atoms with E-state index in [9.17, 15) is 9.59 Å². The van der Waals surface area contributed by atoms with Gasteiger partial charge in [-0.25, -0.2) is 0 Å². The molecule has 0 bridgehead atoms. The molecule has 0 saturated carbocycles. The van der Waals surface area contributed by atoms with E-state index in [-0.39, 0.29) is 24.0 Å². The van der Waals surface area contributed by atoms with Crippen LogP contribution in [0.1, 0.15) is 6.42 Å². The van der Waals surface area contributed by atoms with Crippen molar-refractivity contribution in [3.8, 4) is 0 Å². The van der Waals surface area contributed by atoms with Crippen molar-refractivity contribution in [2.24, 2.45) is 0 Å². The SMILES string of the molecule is O=C1CC(PP)C(=O)O1. The van der Waals surface area contributed by atoms with Crippen molar-refractivity contribution in [1.82, 2.24) is 0 Å². The smallest absolute Gasteiger partial charge is 0.321 e. The van der Waals surface area contributed by atoms with Gasteiger partial charge in [-0.2, -0.15) is 0 Å². The molecule has 0 aliphatic carbocycles. The Morgan fingerprint density at radius 2 is 2.33 bits per heavy atom. The van der Waals surface area contributed by atoms with Crippen LogP contribution >= 0.6 is 17.2 Å². The van der Waals surface area contributed by atoms with Crippen molar-refractivity contribution in [3.05, 3.63) is 0 Å². The zero-order valence-electron chi connectivity index (χ0n) is 4.59. The van der Waals surface area contributed by atoms with Gasteiger partial charge in [0.15, 0.2) is 0 Å². The molecular weight excluding hydrogens is 158 g/mol. The van der Waals surface area contributed by atoms with Crippen LogP contribution in [0.3, 0.4) is 0 Å². The summed E-state index contributed by atoms with van der Waals surface area (Å²) < 4.78 is 4.28. The van der Waals surface area contributed by atoms with Crippen LogP contribution < -0.4 is 0 Å². The highest BCUT2D eigenvalue weighted by Crippen LogP contribution is 2.33. The lowest BCUT2D eigenvalue weighted by Crippen LogP contribution is -2.05. The second kappa shape index (κ2) is 2.72. The summed E-state index contributed by atoms with van der Waals surface area (Å²) in [5, 5.41) is 0. The average Bonchev–Trinajstić information content (AvgIpc) is 2.10. The molecule has 0 radical (unpaired) electrons. The van der Waals surface area contributed by atoms with Crippen LogP contribution in [-0.2, 0) is 14.3 Å². The molecule has 1 heterocycles. The van der Waals surface area contributed by atoms with Crippen LogP contribution in [0, 0.1) is 0 Å². The van der Waals surface area contributed by atoms with Crippen molar-refractivity contribution in [1.29, 1.82) is 0 Å². The number of carbonyl (C=O) groups excluding carboxylic acids is 2. The Hall–Kier alpha value is 0. The maximum Gasteiger partial charge on any atom is 0.321 e.